The van der Waals surface area contributed by atoms with E-state index in [0.717, 1.165) is 18.2 Å². The van der Waals surface area contributed by atoms with Gasteiger partial charge in [-0.15, -0.1) is 0 Å². The number of fused-ring (bicyclic) bond motifs is 1. The predicted molar refractivity (Wildman–Crippen MR) is 117 cm³/mol. The highest BCUT2D eigenvalue weighted by Crippen LogP contribution is 2.39. The van der Waals surface area contributed by atoms with Gasteiger partial charge in [0.15, 0.2) is 0 Å². The van der Waals surface area contributed by atoms with E-state index in [9.17, 15) is 26.3 Å². The molecule has 0 aliphatic carbocycles. The Morgan fingerprint density at radius 1 is 0.909 bits per heavy atom. The van der Waals surface area contributed by atoms with Crippen LogP contribution >= 0.6 is 0 Å². The zero-order chi connectivity index (χ0) is 24.0. The van der Waals surface area contributed by atoms with Crippen molar-refractivity contribution in [2.24, 2.45) is 0 Å². The number of hydrogen-bond donors (Lipinski definition) is 3. The van der Waals surface area contributed by atoms with Crippen molar-refractivity contribution in [2.45, 2.75) is 31.7 Å². The molecule has 0 bridgehead atoms. The van der Waals surface area contributed by atoms with Gasteiger partial charge in [-0.05, 0) is 50.3 Å². The third-order valence-corrected chi connectivity index (χ3v) is 5.31. The molecule has 0 saturated carbocycles. The minimum Gasteiger partial charge on any atom is -0.381 e. The fourth-order valence-corrected chi connectivity index (χ4v) is 3.87. The quantitative estimate of drug-likeness (QED) is 0.437. The van der Waals surface area contributed by atoms with Gasteiger partial charge in [0, 0.05) is 34.7 Å². The molecular formula is C24H21F6N3. The molecule has 0 saturated heterocycles. The molecule has 0 atom stereocenters. The first-order valence-corrected chi connectivity index (χ1v) is 10.2. The number of hydrogen-bond acceptors (Lipinski definition) is 3. The van der Waals surface area contributed by atoms with E-state index in [-0.39, 0.29) is 12.2 Å². The van der Waals surface area contributed by atoms with Crippen LogP contribution in [0.25, 0.3) is 11.4 Å². The highest BCUT2D eigenvalue weighted by atomic mass is 19.4. The van der Waals surface area contributed by atoms with Crippen LogP contribution in [0.4, 0.5) is 37.7 Å². The molecule has 0 radical (unpaired) electrons. The highest BCUT2D eigenvalue weighted by molar-refractivity contribution is 5.89. The van der Waals surface area contributed by atoms with Crippen LogP contribution in [-0.4, -0.2) is 18.3 Å². The molecule has 0 aromatic heterocycles. The summed E-state index contributed by atoms with van der Waals surface area (Å²) >= 11 is 0. The molecule has 0 fully saturated rings. The van der Waals surface area contributed by atoms with Gasteiger partial charge in [-0.1, -0.05) is 24.3 Å². The predicted octanol–water partition coefficient (Wildman–Crippen LogP) is 6.80. The SMILES string of the molecule is CC1(C)C=C(Nc2ccc(C(F)(F)F)cc2)c2ccc(C3=C(C(F)(F)F)C=CCN3)cc2N1. The van der Waals surface area contributed by atoms with Crippen LogP contribution in [0.15, 0.2) is 66.3 Å². The first kappa shape index (κ1) is 22.8. The molecule has 2 aliphatic heterocycles. The molecule has 2 aromatic rings. The number of nitrogens with one attached hydrogen (secondary N) is 3. The molecule has 9 heteroatoms. The smallest absolute Gasteiger partial charge is 0.381 e. The lowest BCUT2D eigenvalue weighted by Gasteiger charge is -2.33. The van der Waals surface area contributed by atoms with E-state index in [1.54, 1.807) is 18.2 Å². The molecule has 4 rings (SSSR count). The lowest BCUT2D eigenvalue weighted by molar-refractivity contribution is -0.137. The second-order valence-electron chi connectivity index (χ2n) is 8.43. The molecule has 0 amide bonds. The second-order valence-corrected chi connectivity index (χ2v) is 8.43. The van der Waals surface area contributed by atoms with Gasteiger partial charge in [0.2, 0.25) is 0 Å². The van der Waals surface area contributed by atoms with Gasteiger partial charge in [-0.25, -0.2) is 0 Å². The molecular weight excluding hydrogens is 444 g/mol. The zero-order valence-corrected chi connectivity index (χ0v) is 17.7. The third-order valence-electron chi connectivity index (χ3n) is 5.31. The van der Waals surface area contributed by atoms with Crippen LogP contribution in [0.2, 0.25) is 0 Å². The Bertz CT molecular complexity index is 1150. The summed E-state index contributed by atoms with van der Waals surface area (Å²) in [5, 5.41) is 9.25. The van der Waals surface area contributed by atoms with Crippen LogP contribution in [0.1, 0.15) is 30.5 Å². The third kappa shape index (κ3) is 4.86. The van der Waals surface area contributed by atoms with Gasteiger partial charge >= 0.3 is 12.4 Å². The zero-order valence-electron chi connectivity index (χ0n) is 17.7. The van der Waals surface area contributed by atoms with E-state index in [0.29, 0.717) is 28.2 Å². The molecule has 33 heavy (non-hydrogen) atoms. The van der Waals surface area contributed by atoms with Gasteiger partial charge in [-0.2, -0.15) is 26.3 Å². The molecule has 2 heterocycles. The van der Waals surface area contributed by atoms with Gasteiger partial charge in [0.25, 0.3) is 0 Å². The summed E-state index contributed by atoms with van der Waals surface area (Å²) in [4.78, 5) is 0. The number of alkyl halides is 6. The second kappa shape index (κ2) is 7.90. The molecule has 0 spiro atoms. The highest BCUT2D eigenvalue weighted by Gasteiger charge is 2.36. The number of benzene rings is 2. The van der Waals surface area contributed by atoms with E-state index in [1.807, 2.05) is 19.9 Å². The average molecular weight is 465 g/mol. The Labute approximate surface area is 186 Å². The summed E-state index contributed by atoms with van der Waals surface area (Å²) in [7, 11) is 0. The minimum atomic E-state index is -4.50. The van der Waals surface area contributed by atoms with Crippen LogP contribution in [0.3, 0.4) is 0 Å². The van der Waals surface area contributed by atoms with E-state index < -0.39 is 29.0 Å². The largest absolute Gasteiger partial charge is 0.418 e. The van der Waals surface area contributed by atoms with Crippen molar-refractivity contribution in [2.75, 3.05) is 17.2 Å². The number of halogens is 6. The topological polar surface area (TPSA) is 36.1 Å². The molecule has 2 aromatic carbocycles. The van der Waals surface area contributed by atoms with Crippen LogP contribution < -0.4 is 16.0 Å². The van der Waals surface area contributed by atoms with E-state index in [4.69, 9.17) is 0 Å². The molecule has 174 valence electrons. The summed E-state index contributed by atoms with van der Waals surface area (Å²) in [6.07, 6.45) is -4.56. The maximum absolute atomic E-state index is 13.5. The van der Waals surface area contributed by atoms with Crippen molar-refractivity contribution in [3.05, 3.63) is 83.0 Å². The Hall–Kier alpha value is -3.36. The maximum Gasteiger partial charge on any atom is 0.418 e. The van der Waals surface area contributed by atoms with E-state index in [2.05, 4.69) is 16.0 Å². The van der Waals surface area contributed by atoms with E-state index >= 15 is 0 Å². The average Bonchev–Trinajstić information content (AvgIpc) is 2.71. The standard InChI is InChI=1S/C24H21F6N3/c1-22(2)13-20(32-16-8-6-15(7-9-16)23(25,26)27)17-10-5-14(12-19(17)33-22)21-18(24(28,29)30)4-3-11-31-21/h3-10,12-13,31-33H,11H2,1-2H3. The van der Waals surface area contributed by atoms with Crippen molar-refractivity contribution in [1.29, 1.82) is 0 Å². The van der Waals surface area contributed by atoms with Gasteiger partial charge in [-0.3, -0.25) is 0 Å². The van der Waals surface area contributed by atoms with Crippen molar-refractivity contribution in [3.8, 4) is 0 Å². The molecule has 0 unspecified atom stereocenters. The first-order chi connectivity index (χ1) is 15.3. The van der Waals surface area contributed by atoms with Gasteiger partial charge in [0.1, 0.15) is 0 Å². The van der Waals surface area contributed by atoms with Gasteiger partial charge < -0.3 is 16.0 Å². The lowest BCUT2D eigenvalue weighted by Crippen LogP contribution is -2.33. The van der Waals surface area contributed by atoms with Crippen LogP contribution in [-0.2, 0) is 6.18 Å². The van der Waals surface area contributed by atoms with Crippen molar-refractivity contribution in [1.82, 2.24) is 5.32 Å². The molecule has 3 nitrogen and oxygen atoms in total. The van der Waals surface area contributed by atoms with Crippen LogP contribution in [0, 0.1) is 0 Å². The summed E-state index contributed by atoms with van der Waals surface area (Å²) < 4.78 is 79.0. The number of anilines is 2. The molecule has 2 aliphatic rings. The summed E-state index contributed by atoms with van der Waals surface area (Å²) in [5.74, 6) is 0. The summed E-state index contributed by atoms with van der Waals surface area (Å²) in [5.41, 5.74) is 0.732. The maximum atomic E-state index is 13.5. The van der Waals surface area contributed by atoms with Crippen LogP contribution in [0.5, 0.6) is 0 Å². The van der Waals surface area contributed by atoms with Gasteiger partial charge in [0.05, 0.1) is 22.4 Å². The first-order valence-electron chi connectivity index (χ1n) is 10.2. The summed E-state index contributed by atoms with van der Waals surface area (Å²) in [6, 6.07) is 9.59. The number of allylic oxidation sites excluding steroid dienone is 2. The Kier molecular flexibility index (Phi) is 5.46. The number of rotatable bonds is 3. The molecule has 3 N–H and O–H groups in total. The Balaban J connectivity index is 1.70. The fraction of sp³-hybridized carbons (Fsp3) is 0.250. The fourth-order valence-electron chi connectivity index (χ4n) is 3.87. The van der Waals surface area contributed by atoms with Crippen molar-refractivity contribution >= 4 is 22.8 Å². The number of dihydropyridines is 1. The van der Waals surface area contributed by atoms with E-state index in [1.165, 1.54) is 18.2 Å². The normalized spacial score (nSPS) is 17.6. The Morgan fingerprint density at radius 3 is 2.24 bits per heavy atom. The monoisotopic (exact) mass is 465 g/mol. The lowest BCUT2D eigenvalue weighted by atomic mass is 9.91. The van der Waals surface area contributed by atoms with Crippen molar-refractivity contribution < 1.29 is 26.3 Å². The Morgan fingerprint density at radius 2 is 1.61 bits per heavy atom. The summed E-state index contributed by atoms with van der Waals surface area (Å²) in [6.45, 7) is 4.06. The minimum absolute atomic E-state index is 0.000733. The van der Waals surface area contributed by atoms with Crippen molar-refractivity contribution in [3.63, 3.8) is 0 Å².